The molecule has 3 nitrogen and oxygen atoms in total. The van der Waals surface area contributed by atoms with Gasteiger partial charge in [0.05, 0.1) is 0 Å². The van der Waals surface area contributed by atoms with E-state index in [9.17, 15) is 22.4 Å². The van der Waals surface area contributed by atoms with Crippen LogP contribution in [0.2, 0.25) is 0 Å². The van der Waals surface area contributed by atoms with E-state index in [0.29, 0.717) is 24.3 Å². The van der Waals surface area contributed by atoms with E-state index in [2.05, 4.69) is 18.7 Å². The Kier molecular flexibility index (Phi) is 12.9. The van der Waals surface area contributed by atoms with Crippen LogP contribution in [0.5, 0.6) is 11.5 Å². The van der Waals surface area contributed by atoms with Gasteiger partial charge in [0, 0.05) is 0 Å². The SMILES string of the molecule is C=Cc1ccc(-c2ccc(-c3ccc(OCCC)c(F)c3F)cc2)[se]1.CCCOc1ccc(-c2ccc(-c3ccc(C=O)[se]3)cc2)c(F)c1F. The average molecular weight is 809 g/mol. The van der Waals surface area contributed by atoms with Gasteiger partial charge < -0.3 is 0 Å². The maximum atomic E-state index is 14.4. The molecule has 0 fully saturated rings. The van der Waals surface area contributed by atoms with Crippen LogP contribution in [-0.4, -0.2) is 48.5 Å². The van der Waals surface area contributed by atoms with Crippen molar-refractivity contribution in [1.29, 1.82) is 0 Å². The first kappa shape index (κ1) is 36.9. The first-order valence-electron chi connectivity index (χ1n) is 16.0. The summed E-state index contributed by atoms with van der Waals surface area (Å²) >= 11 is 0.248. The molecule has 0 saturated heterocycles. The monoisotopic (exact) mass is 810 g/mol. The minimum absolute atomic E-state index is 0.00110. The van der Waals surface area contributed by atoms with Crippen LogP contribution in [0, 0.1) is 23.3 Å². The van der Waals surface area contributed by atoms with Gasteiger partial charge in [0.25, 0.3) is 0 Å². The fraction of sp³-hybridized carbons (Fsp3) is 0.146. The first-order valence-corrected chi connectivity index (χ1v) is 19.4. The van der Waals surface area contributed by atoms with E-state index in [1.807, 2.05) is 68.5 Å². The van der Waals surface area contributed by atoms with E-state index in [4.69, 9.17) is 9.47 Å². The van der Waals surface area contributed by atoms with Gasteiger partial charge in [-0.3, -0.25) is 0 Å². The van der Waals surface area contributed by atoms with Crippen molar-refractivity contribution in [3.63, 3.8) is 0 Å². The molecule has 0 spiro atoms. The van der Waals surface area contributed by atoms with Crippen LogP contribution >= 0.6 is 0 Å². The van der Waals surface area contributed by atoms with Gasteiger partial charge in [-0.15, -0.1) is 0 Å². The third kappa shape index (κ3) is 8.66. The van der Waals surface area contributed by atoms with E-state index in [-0.39, 0.29) is 51.6 Å². The summed E-state index contributed by atoms with van der Waals surface area (Å²) in [6.45, 7) is 8.32. The number of carbonyl (C=O) groups is 1. The number of aldehydes is 1. The second-order valence-corrected chi connectivity index (χ2v) is 15.7. The van der Waals surface area contributed by atoms with Gasteiger partial charge in [0.2, 0.25) is 0 Å². The third-order valence-corrected chi connectivity index (χ3v) is 12.1. The summed E-state index contributed by atoms with van der Waals surface area (Å²) in [5, 5.41) is 0. The number of hydrogen-bond donors (Lipinski definition) is 0. The van der Waals surface area contributed by atoms with E-state index in [1.54, 1.807) is 18.2 Å². The van der Waals surface area contributed by atoms with Gasteiger partial charge in [-0.05, 0) is 0 Å². The Hall–Kier alpha value is -4.39. The molecule has 0 radical (unpaired) electrons. The Morgan fingerprint density at radius 1 is 0.540 bits per heavy atom. The molecule has 50 heavy (non-hydrogen) atoms. The summed E-state index contributed by atoms with van der Waals surface area (Å²) in [4.78, 5) is 10.8. The van der Waals surface area contributed by atoms with E-state index < -0.39 is 23.3 Å². The maximum absolute atomic E-state index is 14.4. The summed E-state index contributed by atoms with van der Waals surface area (Å²) in [5.74, 6) is -3.78. The molecular formula is C41H34F4O3Se2. The average Bonchev–Trinajstić information content (AvgIpc) is 3.84. The van der Waals surface area contributed by atoms with Gasteiger partial charge in [-0.25, -0.2) is 0 Å². The Labute approximate surface area is 301 Å². The second kappa shape index (κ2) is 17.5. The van der Waals surface area contributed by atoms with Crippen LogP contribution in [-0.2, 0) is 0 Å². The number of halogens is 4. The van der Waals surface area contributed by atoms with Crippen molar-refractivity contribution in [3.8, 4) is 53.8 Å². The van der Waals surface area contributed by atoms with Crippen molar-refractivity contribution >= 4 is 41.4 Å². The zero-order valence-electron chi connectivity index (χ0n) is 27.5. The van der Waals surface area contributed by atoms with Crippen LogP contribution in [0.1, 0.15) is 40.4 Å². The Morgan fingerprint density at radius 2 is 0.940 bits per heavy atom. The minimum atomic E-state index is -0.961. The zero-order valence-corrected chi connectivity index (χ0v) is 30.9. The fourth-order valence-corrected chi connectivity index (χ4v) is 8.52. The van der Waals surface area contributed by atoms with Crippen molar-refractivity contribution in [2.45, 2.75) is 26.7 Å². The molecule has 0 N–H and O–H groups in total. The van der Waals surface area contributed by atoms with Crippen LogP contribution in [0.3, 0.4) is 0 Å². The van der Waals surface area contributed by atoms with Gasteiger partial charge in [-0.2, -0.15) is 0 Å². The Morgan fingerprint density at radius 3 is 1.30 bits per heavy atom. The number of ether oxygens (including phenoxy) is 2. The molecule has 6 aromatic rings. The molecule has 6 rings (SSSR count). The number of benzene rings is 4. The Balaban J connectivity index is 0.000000194. The van der Waals surface area contributed by atoms with E-state index >= 15 is 0 Å². The van der Waals surface area contributed by atoms with Crippen LogP contribution < -0.4 is 9.47 Å². The molecule has 0 unspecified atom stereocenters. The Bertz CT molecular complexity index is 1920. The predicted octanol–water partition coefficient (Wildman–Crippen LogP) is 10.7. The molecule has 0 saturated carbocycles. The molecule has 2 aromatic heterocycles. The topological polar surface area (TPSA) is 35.5 Å². The fourth-order valence-electron chi connectivity index (χ4n) is 4.97. The molecule has 0 aliphatic heterocycles. The summed E-state index contributed by atoms with van der Waals surface area (Å²) in [7, 11) is 0. The van der Waals surface area contributed by atoms with E-state index in [1.165, 1.54) is 27.1 Å². The van der Waals surface area contributed by atoms with Gasteiger partial charge in [-0.1, -0.05) is 13.8 Å². The standard InChI is InChI=1S/C21H18F2OSe.C20H16F2O2Se/c1-3-13-24-18-11-10-17(20(22)21(18)23)14-5-7-15(8-6-14)19-12-9-16(4-2)25-19;1-2-11-24-17-9-8-16(19(21)20(17)22)13-3-5-14(6-4-13)18-10-7-15(12-23)25-18/h4-12H,2-3,13H2,1H3;3-10,12H,2,11H2,1H3. The van der Waals surface area contributed by atoms with Crippen LogP contribution in [0.25, 0.3) is 48.3 Å². The second-order valence-electron chi connectivity index (χ2n) is 11.1. The van der Waals surface area contributed by atoms with Crippen molar-refractivity contribution in [3.05, 3.63) is 136 Å². The third-order valence-electron chi connectivity index (χ3n) is 7.55. The number of carbonyl (C=O) groups excluding carboxylic acids is 1. The molecule has 4 aromatic carbocycles. The summed E-state index contributed by atoms with van der Waals surface area (Å²) < 4.78 is 71.9. The van der Waals surface area contributed by atoms with Gasteiger partial charge >= 0.3 is 289 Å². The molecule has 0 atom stereocenters. The quantitative estimate of drug-likeness (QED) is 0.0702. The molecule has 0 aliphatic rings. The molecule has 0 bridgehead atoms. The van der Waals surface area contributed by atoms with Gasteiger partial charge in [0.15, 0.2) is 0 Å². The number of hydrogen-bond acceptors (Lipinski definition) is 3. The normalized spacial score (nSPS) is 10.7. The molecular weight excluding hydrogens is 774 g/mol. The summed E-state index contributed by atoms with van der Waals surface area (Å²) in [6, 6.07) is 28.7. The zero-order chi connectivity index (χ0) is 35.6. The molecule has 256 valence electrons. The molecule has 9 heteroatoms. The summed E-state index contributed by atoms with van der Waals surface area (Å²) in [5.41, 5.74) is 3.76. The van der Waals surface area contributed by atoms with Crippen molar-refractivity contribution < 1.29 is 31.8 Å². The predicted molar refractivity (Wildman–Crippen MR) is 195 cm³/mol. The molecule has 2 heterocycles. The number of rotatable bonds is 12. The van der Waals surface area contributed by atoms with Crippen molar-refractivity contribution in [2.75, 3.05) is 13.2 Å². The van der Waals surface area contributed by atoms with Crippen molar-refractivity contribution in [1.82, 2.24) is 0 Å². The summed E-state index contributed by atoms with van der Waals surface area (Å²) in [6.07, 6.45) is 4.21. The first-order chi connectivity index (χ1) is 24.3. The molecule has 0 amide bonds. The van der Waals surface area contributed by atoms with Crippen molar-refractivity contribution in [2.24, 2.45) is 0 Å². The van der Waals surface area contributed by atoms with Crippen LogP contribution in [0.4, 0.5) is 17.6 Å². The van der Waals surface area contributed by atoms with E-state index in [0.717, 1.165) is 39.1 Å². The van der Waals surface area contributed by atoms with Gasteiger partial charge in [0.1, 0.15) is 0 Å². The molecule has 0 aliphatic carbocycles. The van der Waals surface area contributed by atoms with Crippen LogP contribution in [0.15, 0.2) is 104 Å².